The molecule has 6 nitrogen and oxygen atoms in total. The fourth-order valence-corrected chi connectivity index (χ4v) is 3.45. The number of methoxy groups -OCH3 is 1. The molecule has 1 aliphatic carbocycles. The summed E-state index contributed by atoms with van der Waals surface area (Å²) in [7, 11) is 1.54. The minimum atomic E-state index is -0.602. The van der Waals surface area contributed by atoms with Crippen LogP contribution in [0.5, 0.6) is 0 Å². The molecule has 2 rings (SSSR count). The van der Waals surface area contributed by atoms with E-state index in [-0.39, 0.29) is 30.8 Å². The van der Waals surface area contributed by atoms with Crippen molar-refractivity contribution in [2.24, 2.45) is 11.7 Å². The number of nitrogens with zero attached hydrogens (tertiary/aromatic N) is 2. The molecule has 2 N–H and O–H groups in total. The van der Waals surface area contributed by atoms with E-state index in [1.54, 1.807) is 4.90 Å². The average Bonchev–Trinajstić information content (AvgIpc) is 3.05. The number of rotatable bonds is 6. The number of hydrogen-bond donors (Lipinski definition) is 1. The highest BCUT2D eigenvalue weighted by molar-refractivity contribution is 5.85. The van der Waals surface area contributed by atoms with E-state index in [1.165, 1.54) is 32.8 Å². The zero-order valence-corrected chi connectivity index (χ0v) is 14.9. The molecule has 1 unspecified atom stereocenters. The Balaban J connectivity index is 0.00000264. The molecule has 7 heteroatoms. The van der Waals surface area contributed by atoms with E-state index in [0.29, 0.717) is 32.6 Å². The van der Waals surface area contributed by atoms with Crippen molar-refractivity contribution >= 4 is 24.2 Å². The second-order valence-corrected chi connectivity index (χ2v) is 6.46. The van der Waals surface area contributed by atoms with Gasteiger partial charge in [-0.1, -0.05) is 25.7 Å². The normalized spacial score (nSPS) is 20.3. The highest BCUT2D eigenvalue weighted by Gasteiger charge is 2.27. The van der Waals surface area contributed by atoms with Gasteiger partial charge in [0.25, 0.3) is 0 Å². The molecular weight excluding hydrogens is 318 g/mol. The summed E-state index contributed by atoms with van der Waals surface area (Å²) in [5.41, 5.74) is 5.77. The Morgan fingerprint density at radius 2 is 1.70 bits per heavy atom. The highest BCUT2D eigenvalue weighted by Crippen LogP contribution is 2.28. The molecular formula is C16H30ClN3O3. The SMILES string of the molecule is COCC(N)C(=O)N1CCN(C(=O)CCC2CCCC2)CC1.Cl. The van der Waals surface area contributed by atoms with Crippen LogP contribution in [0.1, 0.15) is 38.5 Å². The van der Waals surface area contributed by atoms with Crippen LogP contribution >= 0.6 is 12.4 Å². The minimum absolute atomic E-state index is 0. The van der Waals surface area contributed by atoms with Gasteiger partial charge in [0.05, 0.1) is 6.61 Å². The Labute approximate surface area is 145 Å². The molecule has 0 spiro atoms. The lowest BCUT2D eigenvalue weighted by Crippen LogP contribution is -2.55. The fourth-order valence-electron chi connectivity index (χ4n) is 3.45. The summed E-state index contributed by atoms with van der Waals surface area (Å²) in [5.74, 6) is 0.902. The Morgan fingerprint density at radius 3 is 2.26 bits per heavy atom. The molecule has 2 fully saturated rings. The van der Waals surface area contributed by atoms with Crippen molar-refractivity contribution in [2.75, 3.05) is 39.9 Å². The number of carbonyl (C=O) groups is 2. The van der Waals surface area contributed by atoms with Gasteiger partial charge in [0.2, 0.25) is 11.8 Å². The summed E-state index contributed by atoms with van der Waals surface area (Å²) in [4.78, 5) is 28.0. The first-order valence-corrected chi connectivity index (χ1v) is 8.43. The topological polar surface area (TPSA) is 75.9 Å². The molecule has 1 heterocycles. The van der Waals surface area contributed by atoms with Crippen molar-refractivity contribution in [1.82, 2.24) is 9.80 Å². The van der Waals surface area contributed by atoms with Crippen LogP contribution in [0.15, 0.2) is 0 Å². The summed E-state index contributed by atoms with van der Waals surface area (Å²) in [6.45, 7) is 2.63. The largest absolute Gasteiger partial charge is 0.383 e. The Morgan fingerprint density at radius 1 is 1.13 bits per heavy atom. The number of nitrogens with two attached hydrogens (primary N) is 1. The van der Waals surface area contributed by atoms with Gasteiger partial charge in [0, 0.05) is 39.7 Å². The molecule has 0 aromatic heterocycles. The van der Waals surface area contributed by atoms with Gasteiger partial charge < -0.3 is 20.3 Å². The quantitative estimate of drug-likeness (QED) is 0.778. The Hall–Kier alpha value is -0.850. The van der Waals surface area contributed by atoms with Crippen molar-refractivity contribution in [3.8, 4) is 0 Å². The summed E-state index contributed by atoms with van der Waals surface area (Å²) >= 11 is 0. The standard InChI is InChI=1S/C16H29N3O3.ClH/c1-22-12-14(17)16(21)19-10-8-18(9-11-19)15(20)7-6-13-4-2-3-5-13;/h13-14H,2-12,17H2,1H3;1H. The van der Waals surface area contributed by atoms with Crippen LogP contribution in [0.3, 0.4) is 0 Å². The molecule has 1 saturated heterocycles. The lowest BCUT2D eigenvalue weighted by Gasteiger charge is -2.36. The number of carbonyl (C=O) groups excluding carboxylic acids is 2. The van der Waals surface area contributed by atoms with Gasteiger partial charge in [-0.3, -0.25) is 9.59 Å². The second kappa shape index (κ2) is 10.1. The van der Waals surface area contributed by atoms with Crippen LogP contribution < -0.4 is 5.73 Å². The van der Waals surface area contributed by atoms with E-state index < -0.39 is 6.04 Å². The van der Waals surface area contributed by atoms with Crippen LogP contribution in [-0.4, -0.2) is 67.6 Å². The third-order valence-corrected chi connectivity index (χ3v) is 4.85. The Bertz CT molecular complexity index is 381. The van der Waals surface area contributed by atoms with Gasteiger partial charge in [-0.15, -0.1) is 12.4 Å². The van der Waals surface area contributed by atoms with E-state index in [1.807, 2.05) is 4.90 Å². The van der Waals surface area contributed by atoms with Gasteiger partial charge in [-0.25, -0.2) is 0 Å². The fraction of sp³-hybridized carbons (Fsp3) is 0.875. The number of hydrogen-bond acceptors (Lipinski definition) is 4. The molecule has 0 radical (unpaired) electrons. The van der Waals surface area contributed by atoms with Crippen molar-refractivity contribution in [3.05, 3.63) is 0 Å². The average molecular weight is 348 g/mol. The monoisotopic (exact) mass is 347 g/mol. The van der Waals surface area contributed by atoms with Crippen molar-refractivity contribution < 1.29 is 14.3 Å². The van der Waals surface area contributed by atoms with Gasteiger partial charge in [0.1, 0.15) is 6.04 Å². The molecule has 2 aliphatic rings. The number of ether oxygens (including phenoxy) is 1. The summed E-state index contributed by atoms with van der Waals surface area (Å²) in [5, 5.41) is 0. The lowest BCUT2D eigenvalue weighted by atomic mass is 10.0. The van der Waals surface area contributed by atoms with E-state index in [0.717, 1.165) is 12.3 Å². The number of piperazine rings is 1. The molecule has 2 amide bonds. The first-order chi connectivity index (χ1) is 10.6. The molecule has 1 atom stereocenters. The highest BCUT2D eigenvalue weighted by atomic mass is 35.5. The van der Waals surface area contributed by atoms with Crippen LogP contribution in [0.25, 0.3) is 0 Å². The second-order valence-electron chi connectivity index (χ2n) is 6.46. The van der Waals surface area contributed by atoms with Crippen LogP contribution in [-0.2, 0) is 14.3 Å². The third kappa shape index (κ3) is 5.94. The first kappa shape index (κ1) is 20.2. The van der Waals surface area contributed by atoms with Crippen molar-refractivity contribution in [1.29, 1.82) is 0 Å². The van der Waals surface area contributed by atoms with Crippen LogP contribution in [0, 0.1) is 5.92 Å². The molecule has 0 aromatic carbocycles. The maximum atomic E-state index is 12.2. The summed E-state index contributed by atoms with van der Waals surface area (Å²) in [6, 6.07) is -0.602. The molecule has 23 heavy (non-hydrogen) atoms. The van der Waals surface area contributed by atoms with E-state index >= 15 is 0 Å². The summed E-state index contributed by atoms with van der Waals surface area (Å²) in [6.07, 6.45) is 6.89. The predicted octanol–water partition coefficient (Wildman–Crippen LogP) is 1.02. The van der Waals surface area contributed by atoms with Gasteiger partial charge in [-0.05, 0) is 12.3 Å². The van der Waals surface area contributed by atoms with Crippen LogP contribution in [0.2, 0.25) is 0 Å². The molecule has 0 aromatic rings. The molecule has 1 aliphatic heterocycles. The summed E-state index contributed by atoms with van der Waals surface area (Å²) < 4.78 is 4.92. The van der Waals surface area contributed by atoms with Crippen molar-refractivity contribution in [3.63, 3.8) is 0 Å². The predicted molar refractivity (Wildman–Crippen MR) is 91.5 cm³/mol. The molecule has 1 saturated carbocycles. The Kier molecular flexibility index (Phi) is 8.87. The van der Waals surface area contributed by atoms with E-state index in [9.17, 15) is 9.59 Å². The molecule has 134 valence electrons. The minimum Gasteiger partial charge on any atom is -0.383 e. The van der Waals surface area contributed by atoms with Gasteiger partial charge in [-0.2, -0.15) is 0 Å². The van der Waals surface area contributed by atoms with E-state index in [2.05, 4.69) is 0 Å². The smallest absolute Gasteiger partial charge is 0.241 e. The molecule has 0 bridgehead atoms. The maximum absolute atomic E-state index is 12.2. The lowest BCUT2D eigenvalue weighted by molar-refractivity contribution is -0.141. The first-order valence-electron chi connectivity index (χ1n) is 8.43. The zero-order valence-electron chi connectivity index (χ0n) is 14.0. The zero-order chi connectivity index (χ0) is 15.9. The van der Waals surface area contributed by atoms with Gasteiger partial charge in [0.15, 0.2) is 0 Å². The van der Waals surface area contributed by atoms with E-state index in [4.69, 9.17) is 10.5 Å². The van der Waals surface area contributed by atoms with Gasteiger partial charge >= 0.3 is 0 Å². The number of amides is 2. The number of halogens is 1. The third-order valence-electron chi connectivity index (χ3n) is 4.85. The van der Waals surface area contributed by atoms with Crippen molar-refractivity contribution in [2.45, 2.75) is 44.6 Å². The maximum Gasteiger partial charge on any atom is 0.241 e. The van der Waals surface area contributed by atoms with Crippen LogP contribution in [0.4, 0.5) is 0 Å².